The molecule has 5 nitrogen and oxygen atoms in total. The zero-order valence-electron chi connectivity index (χ0n) is 17.3. The molecule has 0 bridgehead atoms. The summed E-state index contributed by atoms with van der Waals surface area (Å²) >= 11 is 0. The van der Waals surface area contributed by atoms with Crippen molar-refractivity contribution in [3.05, 3.63) is 0 Å². The van der Waals surface area contributed by atoms with Crippen LogP contribution in [0.2, 0.25) is 0 Å². The molecule has 1 saturated heterocycles. The van der Waals surface area contributed by atoms with Gasteiger partial charge in [0.15, 0.2) is 0 Å². The van der Waals surface area contributed by atoms with Crippen LogP contribution in [-0.2, 0) is 14.3 Å². The summed E-state index contributed by atoms with van der Waals surface area (Å²) in [6.45, 7) is 4.86. The van der Waals surface area contributed by atoms with Gasteiger partial charge in [-0.1, -0.05) is 26.7 Å². The van der Waals surface area contributed by atoms with Crippen molar-refractivity contribution in [3.63, 3.8) is 0 Å². The number of rotatable bonds is 12. The van der Waals surface area contributed by atoms with Crippen molar-refractivity contribution in [2.45, 2.75) is 96.6 Å². The topological polar surface area (TPSA) is 66.8 Å². The number of unbranched alkanes of at least 4 members (excludes halogenated alkanes) is 3. The first kappa shape index (κ1) is 23.5. The molecule has 0 aromatic heterocycles. The third kappa shape index (κ3) is 9.28. The predicted octanol–water partition coefficient (Wildman–Crippen LogP) is 3.68. The van der Waals surface area contributed by atoms with Gasteiger partial charge in [0.1, 0.15) is 0 Å². The third-order valence-electron chi connectivity index (χ3n) is 5.39. The van der Waals surface area contributed by atoms with Gasteiger partial charge in [-0.3, -0.25) is 9.59 Å². The number of nitrogens with zero attached hydrogens (tertiary/aromatic N) is 1. The predicted molar refractivity (Wildman–Crippen MR) is 107 cm³/mol. The summed E-state index contributed by atoms with van der Waals surface area (Å²) in [6, 6.07) is 0.260. The van der Waals surface area contributed by atoms with Gasteiger partial charge in [0.05, 0.1) is 13.2 Å². The molecule has 0 aromatic rings. The van der Waals surface area contributed by atoms with Crippen LogP contribution >= 0.6 is 0 Å². The number of ether oxygens (including phenoxy) is 1. The molecule has 1 fully saturated rings. The Labute approximate surface area is 164 Å². The highest BCUT2D eigenvalue weighted by Gasteiger charge is 2.30. The lowest BCUT2D eigenvalue weighted by molar-refractivity contribution is -0.140. The van der Waals surface area contributed by atoms with Gasteiger partial charge < -0.3 is 14.7 Å². The van der Waals surface area contributed by atoms with Crippen molar-refractivity contribution >= 4 is 11.9 Å². The molecular formula is C22H37NO4. The van der Waals surface area contributed by atoms with Crippen molar-refractivity contribution in [2.24, 2.45) is 5.92 Å². The molecule has 27 heavy (non-hydrogen) atoms. The SMILES string of the molecule is CCC#CC[C@H](C)[C@@H](O)CCC1CCC(=O)N1CCCCCCC(=O)OC. The standard InChI is InChI=1S/C22H37NO4/c1-4-5-8-11-18(2)20(24)15-13-19-14-16-21(25)23(19)17-10-7-6-9-12-22(26)27-3/h18-20,24H,4,6-7,9-17H2,1-3H3/t18-,19?,20-/m0/s1. The van der Waals surface area contributed by atoms with E-state index in [1.54, 1.807) is 0 Å². The number of hydrogen-bond acceptors (Lipinski definition) is 4. The third-order valence-corrected chi connectivity index (χ3v) is 5.39. The summed E-state index contributed by atoms with van der Waals surface area (Å²) in [6.07, 6.45) is 8.62. The number of aliphatic hydroxyl groups excluding tert-OH is 1. The lowest BCUT2D eigenvalue weighted by Gasteiger charge is -2.26. The first-order chi connectivity index (χ1) is 13.0. The van der Waals surface area contributed by atoms with E-state index in [0.717, 1.165) is 64.3 Å². The molecule has 154 valence electrons. The van der Waals surface area contributed by atoms with Gasteiger partial charge >= 0.3 is 5.97 Å². The summed E-state index contributed by atoms with van der Waals surface area (Å²) in [4.78, 5) is 25.3. The van der Waals surface area contributed by atoms with Gasteiger partial charge in [0.2, 0.25) is 5.91 Å². The van der Waals surface area contributed by atoms with Crippen LogP contribution in [-0.4, -0.2) is 47.7 Å². The molecule has 0 aromatic carbocycles. The van der Waals surface area contributed by atoms with Crippen LogP contribution in [0.25, 0.3) is 0 Å². The Morgan fingerprint density at radius 1 is 1.30 bits per heavy atom. The van der Waals surface area contributed by atoms with E-state index in [9.17, 15) is 14.7 Å². The minimum atomic E-state index is -0.355. The monoisotopic (exact) mass is 379 g/mol. The number of carbonyl (C=O) groups is 2. The van der Waals surface area contributed by atoms with Crippen molar-refractivity contribution in [3.8, 4) is 11.8 Å². The highest BCUT2D eigenvalue weighted by molar-refractivity contribution is 5.78. The first-order valence-corrected chi connectivity index (χ1v) is 10.5. The largest absolute Gasteiger partial charge is 0.469 e. The van der Waals surface area contributed by atoms with Gasteiger partial charge in [0.25, 0.3) is 0 Å². The van der Waals surface area contributed by atoms with Crippen LogP contribution in [0.1, 0.15) is 84.5 Å². The molecular weight excluding hydrogens is 342 g/mol. The van der Waals surface area contributed by atoms with Crippen molar-refractivity contribution in [1.29, 1.82) is 0 Å². The number of likely N-dealkylation sites (tertiary alicyclic amines) is 1. The molecule has 0 saturated carbocycles. The zero-order chi connectivity index (χ0) is 20.1. The smallest absolute Gasteiger partial charge is 0.305 e. The Morgan fingerprint density at radius 2 is 2.04 bits per heavy atom. The van der Waals surface area contributed by atoms with E-state index in [0.29, 0.717) is 12.8 Å². The van der Waals surface area contributed by atoms with Crippen LogP contribution in [0.5, 0.6) is 0 Å². The van der Waals surface area contributed by atoms with Crippen LogP contribution in [0, 0.1) is 17.8 Å². The molecule has 0 radical (unpaired) electrons. The molecule has 1 amide bonds. The van der Waals surface area contributed by atoms with Crippen molar-refractivity contribution in [1.82, 2.24) is 4.90 Å². The van der Waals surface area contributed by atoms with E-state index in [-0.39, 0.29) is 29.9 Å². The minimum Gasteiger partial charge on any atom is -0.469 e. The van der Waals surface area contributed by atoms with Crippen molar-refractivity contribution in [2.75, 3.05) is 13.7 Å². The van der Waals surface area contributed by atoms with Crippen LogP contribution < -0.4 is 0 Å². The van der Waals surface area contributed by atoms with Gasteiger partial charge in [-0.25, -0.2) is 0 Å². The van der Waals surface area contributed by atoms with Crippen molar-refractivity contribution < 1.29 is 19.4 Å². The second kappa shape index (κ2) is 13.6. The molecule has 1 N–H and O–H groups in total. The zero-order valence-corrected chi connectivity index (χ0v) is 17.3. The Bertz CT molecular complexity index is 508. The fourth-order valence-electron chi connectivity index (χ4n) is 3.55. The maximum Gasteiger partial charge on any atom is 0.305 e. The average Bonchev–Trinajstić information content (AvgIpc) is 3.02. The molecule has 5 heteroatoms. The highest BCUT2D eigenvalue weighted by atomic mass is 16.5. The summed E-state index contributed by atoms with van der Waals surface area (Å²) in [5, 5.41) is 10.4. The second-order valence-electron chi connectivity index (χ2n) is 7.55. The average molecular weight is 380 g/mol. The lowest BCUT2D eigenvalue weighted by atomic mass is 9.95. The van der Waals surface area contributed by atoms with E-state index < -0.39 is 0 Å². The van der Waals surface area contributed by atoms with Gasteiger partial charge in [-0.05, 0) is 38.0 Å². The van der Waals surface area contributed by atoms with E-state index in [2.05, 4.69) is 16.6 Å². The molecule has 3 atom stereocenters. The normalized spacial score (nSPS) is 18.7. The number of esters is 1. The molecule has 1 rings (SSSR count). The molecule has 0 aliphatic carbocycles. The Balaban J connectivity index is 2.27. The number of methoxy groups -OCH3 is 1. The Morgan fingerprint density at radius 3 is 2.74 bits per heavy atom. The van der Waals surface area contributed by atoms with Crippen LogP contribution in [0.15, 0.2) is 0 Å². The molecule has 0 spiro atoms. The van der Waals surface area contributed by atoms with Crippen LogP contribution in [0.3, 0.4) is 0 Å². The number of carbonyl (C=O) groups excluding carboxylic acids is 2. The molecule has 1 aliphatic heterocycles. The van der Waals surface area contributed by atoms with Gasteiger partial charge in [-0.2, -0.15) is 0 Å². The number of amides is 1. The maximum absolute atomic E-state index is 12.2. The fraction of sp³-hybridized carbons (Fsp3) is 0.818. The lowest BCUT2D eigenvalue weighted by Crippen LogP contribution is -2.34. The Hall–Kier alpha value is -1.54. The quantitative estimate of drug-likeness (QED) is 0.319. The second-order valence-corrected chi connectivity index (χ2v) is 7.55. The highest BCUT2D eigenvalue weighted by Crippen LogP contribution is 2.25. The number of aliphatic hydroxyl groups is 1. The number of hydrogen-bond donors (Lipinski definition) is 1. The Kier molecular flexibility index (Phi) is 11.8. The fourth-order valence-corrected chi connectivity index (χ4v) is 3.55. The summed E-state index contributed by atoms with van der Waals surface area (Å²) in [7, 11) is 1.41. The van der Waals surface area contributed by atoms with E-state index in [1.807, 2.05) is 18.7 Å². The van der Waals surface area contributed by atoms with Gasteiger partial charge in [0, 0.05) is 38.3 Å². The summed E-state index contributed by atoms with van der Waals surface area (Å²) < 4.78 is 4.64. The van der Waals surface area contributed by atoms with E-state index >= 15 is 0 Å². The van der Waals surface area contributed by atoms with E-state index in [4.69, 9.17) is 0 Å². The van der Waals surface area contributed by atoms with E-state index in [1.165, 1.54) is 7.11 Å². The summed E-state index contributed by atoms with van der Waals surface area (Å²) in [5.74, 6) is 6.42. The molecule has 1 unspecified atom stereocenters. The minimum absolute atomic E-state index is 0.154. The van der Waals surface area contributed by atoms with Gasteiger partial charge in [-0.15, -0.1) is 11.8 Å². The first-order valence-electron chi connectivity index (χ1n) is 10.5. The summed E-state index contributed by atoms with van der Waals surface area (Å²) in [5.41, 5.74) is 0. The molecule has 1 heterocycles. The maximum atomic E-state index is 12.2. The molecule has 1 aliphatic rings. The van der Waals surface area contributed by atoms with Crippen LogP contribution in [0.4, 0.5) is 0 Å².